The maximum Gasteiger partial charge on any atom is 0.306 e. The van der Waals surface area contributed by atoms with Gasteiger partial charge in [-0.2, -0.15) is 0 Å². The van der Waals surface area contributed by atoms with Crippen molar-refractivity contribution in [3.8, 4) is 0 Å². The van der Waals surface area contributed by atoms with Crippen LogP contribution in [0.25, 0.3) is 0 Å². The van der Waals surface area contributed by atoms with Gasteiger partial charge in [0.25, 0.3) is 0 Å². The molecule has 0 spiro atoms. The number of ether oxygens (including phenoxy) is 3. The molecule has 0 radical (unpaired) electrons. The predicted octanol–water partition coefficient (Wildman–Crippen LogP) is 19.6. The Morgan fingerprint density at radius 2 is 0.574 bits per heavy atom. The van der Waals surface area contributed by atoms with Gasteiger partial charge in [-0.25, -0.2) is 0 Å². The molecule has 6 nitrogen and oxygen atoms in total. The maximum atomic E-state index is 12.8. The van der Waals surface area contributed by atoms with Crippen LogP contribution in [0.1, 0.15) is 297 Å². The highest BCUT2D eigenvalue weighted by molar-refractivity contribution is 5.71. The van der Waals surface area contributed by atoms with E-state index in [1.165, 1.54) is 173 Å². The van der Waals surface area contributed by atoms with Crippen molar-refractivity contribution in [2.24, 2.45) is 0 Å². The molecule has 0 saturated heterocycles. The number of carbonyl (C=O) groups is 3. The lowest BCUT2D eigenvalue weighted by atomic mass is 10.0. The second kappa shape index (κ2) is 56.7. The van der Waals surface area contributed by atoms with Gasteiger partial charge in [0.15, 0.2) is 6.10 Å². The molecule has 0 amide bonds. The molecule has 0 fully saturated rings. The zero-order valence-electron chi connectivity index (χ0n) is 45.1. The van der Waals surface area contributed by atoms with Gasteiger partial charge in [0.05, 0.1) is 0 Å². The van der Waals surface area contributed by atoms with Gasteiger partial charge in [0.1, 0.15) is 13.2 Å². The minimum absolute atomic E-state index is 0.0927. The maximum absolute atomic E-state index is 12.8. The van der Waals surface area contributed by atoms with Crippen molar-refractivity contribution < 1.29 is 28.6 Å². The average molecular weight is 952 g/mol. The summed E-state index contributed by atoms with van der Waals surface area (Å²) in [7, 11) is 0. The minimum Gasteiger partial charge on any atom is -0.462 e. The van der Waals surface area contributed by atoms with Gasteiger partial charge in [-0.3, -0.25) is 14.4 Å². The third-order valence-corrected chi connectivity index (χ3v) is 12.8. The molecule has 0 aliphatic carbocycles. The van der Waals surface area contributed by atoms with Crippen LogP contribution in [-0.4, -0.2) is 37.2 Å². The molecule has 0 aromatic heterocycles. The van der Waals surface area contributed by atoms with E-state index >= 15 is 0 Å². The number of hydrogen-bond acceptors (Lipinski definition) is 6. The second-order valence-electron chi connectivity index (χ2n) is 19.5. The standard InChI is InChI=1S/C62H110O6/c1-4-7-10-13-16-19-22-25-27-29-30-31-33-34-37-40-43-46-49-52-55-61(64)67-58-59(57-66-60(63)54-51-48-45-42-39-36-24-21-18-15-12-9-6-3)68-62(65)56-53-50-47-44-41-38-35-32-28-26-23-20-17-14-11-8-5-2/h8,11,17,20,26,28,35,38,44,47,59H,4-7,9-10,12-16,18-19,21-25,27,29-34,36-37,39-43,45-46,48-58H2,1-3H3/b11-8-,20-17-,28-26-,38-35-,47-44-. The topological polar surface area (TPSA) is 78.9 Å². The predicted molar refractivity (Wildman–Crippen MR) is 293 cm³/mol. The number of hydrogen-bond donors (Lipinski definition) is 0. The van der Waals surface area contributed by atoms with Gasteiger partial charge in [-0.15, -0.1) is 0 Å². The van der Waals surface area contributed by atoms with Crippen molar-refractivity contribution in [1.29, 1.82) is 0 Å². The third-order valence-electron chi connectivity index (χ3n) is 12.8. The number of unbranched alkanes of at least 4 members (excludes halogenated alkanes) is 32. The fraction of sp³-hybridized carbons (Fsp3) is 0.790. The summed E-state index contributed by atoms with van der Waals surface area (Å²) >= 11 is 0. The monoisotopic (exact) mass is 951 g/mol. The molecule has 68 heavy (non-hydrogen) atoms. The first-order chi connectivity index (χ1) is 33.5. The van der Waals surface area contributed by atoms with Crippen molar-refractivity contribution in [2.75, 3.05) is 13.2 Å². The van der Waals surface area contributed by atoms with Gasteiger partial charge in [-0.05, 0) is 57.8 Å². The molecule has 1 atom stereocenters. The molecule has 0 saturated carbocycles. The Balaban J connectivity index is 4.39. The van der Waals surface area contributed by atoms with Crippen LogP contribution < -0.4 is 0 Å². The summed E-state index contributed by atoms with van der Waals surface area (Å²) in [6, 6.07) is 0. The molecule has 0 N–H and O–H groups in total. The highest BCUT2D eigenvalue weighted by atomic mass is 16.6. The summed E-state index contributed by atoms with van der Waals surface area (Å²) in [6.45, 7) is 6.52. The molecule has 0 aliphatic rings. The highest BCUT2D eigenvalue weighted by Gasteiger charge is 2.19. The van der Waals surface area contributed by atoms with E-state index in [0.717, 1.165) is 77.0 Å². The summed E-state index contributed by atoms with van der Waals surface area (Å²) in [4.78, 5) is 38.1. The molecule has 0 heterocycles. The fourth-order valence-corrected chi connectivity index (χ4v) is 8.42. The molecule has 1 unspecified atom stereocenters. The zero-order valence-corrected chi connectivity index (χ0v) is 45.1. The van der Waals surface area contributed by atoms with Gasteiger partial charge in [-0.1, -0.05) is 281 Å². The Morgan fingerprint density at radius 3 is 0.882 bits per heavy atom. The molecule has 394 valence electrons. The van der Waals surface area contributed by atoms with E-state index in [1.807, 2.05) is 0 Å². The Labute approximate surface area is 421 Å². The lowest BCUT2D eigenvalue weighted by molar-refractivity contribution is -0.167. The summed E-state index contributed by atoms with van der Waals surface area (Å²) in [5.41, 5.74) is 0. The first-order valence-electron chi connectivity index (χ1n) is 29.3. The Bertz CT molecular complexity index is 1230. The van der Waals surface area contributed by atoms with E-state index in [4.69, 9.17) is 14.2 Å². The van der Waals surface area contributed by atoms with Crippen LogP contribution in [-0.2, 0) is 28.6 Å². The normalized spacial score (nSPS) is 12.5. The first-order valence-corrected chi connectivity index (χ1v) is 29.3. The van der Waals surface area contributed by atoms with Gasteiger partial charge in [0.2, 0.25) is 0 Å². The smallest absolute Gasteiger partial charge is 0.306 e. The summed E-state index contributed by atoms with van der Waals surface area (Å²) < 4.78 is 16.8. The van der Waals surface area contributed by atoms with Gasteiger partial charge < -0.3 is 14.2 Å². The van der Waals surface area contributed by atoms with Crippen molar-refractivity contribution in [2.45, 2.75) is 303 Å². The number of rotatable bonds is 53. The average Bonchev–Trinajstić information content (AvgIpc) is 3.34. The van der Waals surface area contributed by atoms with Gasteiger partial charge >= 0.3 is 17.9 Å². The van der Waals surface area contributed by atoms with Crippen LogP contribution in [0.2, 0.25) is 0 Å². The number of allylic oxidation sites excluding steroid dienone is 10. The van der Waals surface area contributed by atoms with Crippen molar-refractivity contribution in [3.63, 3.8) is 0 Å². The lowest BCUT2D eigenvalue weighted by Gasteiger charge is -2.18. The highest BCUT2D eigenvalue weighted by Crippen LogP contribution is 2.17. The molecule has 0 aliphatic heterocycles. The summed E-state index contributed by atoms with van der Waals surface area (Å²) in [5.74, 6) is -0.937. The van der Waals surface area contributed by atoms with Crippen molar-refractivity contribution in [1.82, 2.24) is 0 Å². The largest absolute Gasteiger partial charge is 0.462 e. The molecule has 0 aromatic carbocycles. The van der Waals surface area contributed by atoms with Crippen LogP contribution >= 0.6 is 0 Å². The minimum atomic E-state index is -0.800. The van der Waals surface area contributed by atoms with E-state index in [-0.39, 0.29) is 37.5 Å². The van der Waals surface area contributed by atoms with Crippen LogP contribution in [0, 0.1) is 0 Å². The molecule has 6 heteroatoms. The Morgan fingerprint density at radius 1 is 0.309 bits per heavy atom. The quantitative estimate of drug-likeness (QED) is 0.0262. The summed E-state index contributed by atoms with van der Waals surface area (Å²) in [5, 5.41) is 0. The zero-order chi connectivity index (χ0) is 49.3. The second-order valence-corrected chi connectivity index (χ2v) is 19.5. The van der Waals surface area contributed by atoms with E-state index in [0.29, 0.717) is 19.3 Å². The van der Waals surface area contributed by atoms with E-state index < -0.39 is 6.10 Å². The van der Waals surface area contributed by atoms with E-state index in [1.54, 1.807) is 0 Å². The van der Waals surface area contributed by atoms with E-state index in [2.05, 4.69) is 81.5 Å². The molecular weight excluding hydrogens is 841 g/mol. The SMILES string of the molecule is CC/C=C\C/C=C\C/C=C\C/C=C\C/C=C\CCCC(=O)OC(COC(=O)CCCCCCCCCCCCCCC)COC(=O)CCCCCCCCCCCCCCCCCCCCCC. The first kappa shape index (κ1) is 65.1. The van der Waals surface area contributed by atoms with E-state index in [9.17, 15) is 14.4 Å². The fourth-order valence-electron chi connectivity index (χ4n) is 8.42. The molecule has 0 aromatic rings. The molecule has 0 bridgehead atoms. The van der Waals surface area contributed by atoms with Crippen LogP contribution in [0.5, 0.6) is 0 Å². The number of carbonyl (C=O) groups excluding carboxylic acids is 3. The third kappa shape index (κ3) is 54.1. The molecule has 0 rings (SSSR count). The summed E-state index contributed by atoms with van der Waals surface area (Å²) in [6.07, 6.45) is 70.8. The molecular formula is C62H110O6. The van der Waals surface area contributed by atoms with Crippen molar-refractivity contribution >= 4 is 17.9 Å². The lowest BCUT2D eigenvalue weighted by Crippen LogP contribution is -2.30. The van der Waals surface area contributed by atoms with Crippen LogP contribution in [0.3, 0.4) is 0 Å². The van der Waals surface area contributed by atoms with Crippen LogP contribution in [0.15, 0.2) is 60.8 Å². The Kier molecular flexibility index (Phi) is 54.3. The Hall–Kier alpha value is -2.89. The van der Waals surface area contributed by atoms with Crippen molar-refractivity contribution in [3.05, 3.63) is 60.8 Å². The van der Waals surface area contributed by atoms with Gasteiger partial charge in [0, 0.05) is 19.3 Å². The van der Waals surface area contributed by atoms with Crippen LogP contribution in [0.4, 0.5) is 0 Å². The number of esters is 3.